The number of fused-ring (bicyclic) bond motifs is 3. The van der Waals surface area contributed by atoms with E-state index >= 15 is 0 Å². The van der Waals surface area contributed by atoms with Crippen LogP contribution in [0.2, 0.25) is 0 Å². The molecule has 2 saturated heterocycles. The van der Waals surface area contributed by atoms with Crippen molar-refractivity contribution in [2.75, 3.05) is 6.54 Å². The summed E-state index contributed by atoms with van der Waals surface area (Å²) in [6.45, 7) is 11.9. The van der Waals surface area contributed by atoms with Crippen molar-refractivity contribution < 1.29 is 23.5 Å². The normalized spacial score (nSPS) is 22.5. The zero-order chi connectivity index (χ0) is 33.5. The summed E-state index contributed by atoms with van der Waals surface area (Å²) in [7, 11) is 0. The molecule has 0 bridgehead atoms. The topological polar surface area (TPSA) is 142 Å². The first-order valence-electron chi connectivity index (χ1n) is 16.8. The minimum Gasteiger partial charge on any atom is -0.444 e. The van der Waals surface area contributed by atoms with Crippen molar-refractivity contribution >= 4 is 34.3 Å². The number of H-pyrrole nitrogens is 2. The number of likely N-dealkylation sites (tertiary alicyclic amines) is 2. The van der Waals surface area contributed by atoms with E-state index in [-0.39, 0.29) is 30.3 Å². The second kappa shape index (κ2) is 10.8. The Hall–Kier alpha value is -4.87. The largest absolute Gasteiger partial charge is 0.444 e. The van der Waals surface area contributed by atoms with Crippen LogP contribution in [0.4, 0.5) is 9.59 Å². The van der Waals surface area contributed by atoms with Gasteiger partial charge in [-0.2, -0.15) is 0 Å². The highest BCUT2D eigenvalue weighted by Crippen LogP contribution is 2.53. The second-order valence-corrected chi connectivity index (χ2v) is 15.2. The first-order valence-corrected chi connectivity index (χ1v) is 16.8. The maximum Gasteiger partial charge on any atom is 0.411 e. The summed E-state index contributed by atoms with van der Waals surface area (Å²) in [6, 6.07) is 11.6. The van der Waals surface area contributed by atoms with Crippen molar-refractivity contribution in [1.82, 2.24) is 34.7 Å². The summed E-state index contributed by atoms with van der Waals surface area (Å²) in [4.78, 5) is 51.1. The van der Waals surface area contributed by atoms with Gasteiger partial charge >= 0.3 is 12.2 Å². The van der Waals surface area contributed by atoms with E-state index in [4.69, 9.17) is 23.9 Å². The maximum absolute atomic E-state index is 13.2. The van der Waals surface area contributed by atoms with Gasteiger partial charge in [-0.05, 0) is 103 Å². The van der Waals surface area contributed by atoms with Crippen LogP contribution >= 0.6 is 0 Å². The summed E-state index contributed by atoms with van der Waals surface area (Å²) >= 11 is 0. The molecular formula is C36H41N7O5. The SMILES string of the molecule is CC(C)(C)OC(=O)N1CCC[C@H]1c1nc2ccc(-c3cnc(-c4cccc5[nH]c([C@H]6C[C@@H]7C[C@@H]7N6C(=O)OC(C)(C)C)nc45)o3)cc2[nH]1. The van der Waals surface area contributed by atoms with Crippen LogP contribution in [0.15, 0.2) is 47.0 Å². The zero-order valence-corrected chi connectivity index (χ0v) is 28.2. The number of aromatic nitrogens is 5. The van der Waals surface area contributed by atoms with Crippen LogP contribution in [0, 0.1) is 5.92 Å². The van der Waals surface area contributed by atoms with Crippen LogP contribution in [0.3, 0.4) is 0 Å². The lowest BCUT2D eigenvalue weighted by molar-refractivity contribution is 0.0173. The highest BCUT2D eigenvalue weighted by molar-refractivity contribution is 5.90. The third-order valence-corrected chi connectivity index (χ3v) is 9.27. The Balaban J connectivity index is 1.05. The van der Waals surface area contributed by atoms with Gasteiger partial charge < -0.3 is 23.9 Å². The number of rotatable bonds is 4. The molecule has 0 unspecified atom stereocenters. The number of oxazole rings is 1. The summed E-state index contributed by atoms with van der Waals surface area (Å²) in [5, 5.41) is 0. The van der Waals surface area contributed by atoms with Crippen molar-refractivity contribution in [3.63, 3.8) is 0 Å². The molecule has 2 aliphatic heterocycles. The van der Waals surface area contributed by atoms with Crippen molar-refractivity contribution in [2.24, 2.45) is 5.92 Å². The molecule has 0 spiro atoms. The number of para-hydroxylation sites is 1. The number of nitrogens with one attached hydrogen (secondary N) is 2. The van der Waals surface area contributed by atoms with E-state index < -0.39 is 11.2 Å². The Morgan fingerprint density at radius 2 is 1.65 bits per heavy atom. The fourth-order valence-electron chi connectivity index (χ4n) is 7.12. The lowest BCUT2D eigenvalue weighted by atomic mass is 10.1. The predicted octanol–water partition coefficient (Wildman–Crippen LogP) is 7.90. The molecule has 2 aromatic carbocycles. The van der Waals surface area contributed by atoms with Gasteiger partial charge in [-0.3, -0.25) is 9.80 Å². The summed E-state index contributed by atoms with van der Waals surface area (Å²) in [5.74, 6) is 3.04. The molecule has 3 aromatic heterocycles. The highest BCUT2D eigenvalue weighted by atomic mass is 16.6. The molecule has 3 fully saturated rings. The van der Waals surface area contributed by atoms with Crippen LogP contribution in [0.25, 0.3) is 44.8 Å². The van der Waals surface area contributed by atoms with Gasteiger partial charge in [0.1, 0.15) is 28.4 Å². The molecule has 2 N–H and O–H groups in total. The van der Waals surface area contributed by atoms with Crippen LogP contribution in [0.1, 0.15) is 91.0 Å². The van der Waals surface area contributed by atoms with E-state index in [9.17, 15) is 9.59 Å². The predicted molar refractivity (Wildman–Crippen MR) is 179 cm³/mol. The van der Waals surface area contributed by atoms with E-state index in [1.807, 2.05) is 82.8 Å². The molecule has 250 valence electrons. The Morgan fingerprint density at radius 1 is 0.896 bits per heavy atom. The van der Waals surface area contributed by atoms with Gasteiger partial charge in [0.15, 0.2) is 5.76 Å². The first kappa shape index (κ1) is 30.5. The van der Waals surface area contributed by atoms with Crippen LogP contribution in [-0.2, 0) is 9.47 Å². The van der Waals surface area contributed by atoms with Crippen LogP contribution in [0.5, 0.6) is 0 Å². The van der Waals surface area contributed by atoms with Gasteiger partial charge in [0, 0.05) is 18.2 Å². The Labute approximate surface area is 278 Å². The molecule has 48 heavy (non-hydrogen) atoms. The third kappa shape index (κ3) is 5.56. The van der Waals surface area contributed by atoms with Crippen molar-refractivity contribution in [1.29, 1.82) is 0 Å². The number of nitrogens with zero attached hydrogens (tertiary/aromatic N) is 5. The van der Waals surface area contributed by atoms with Gasteiger partial charge in [0.2, 0.25) is 5.89 Å². The molecule has 1 saturated carbocycles. The second-order valence-electron chi connectivity index (χ2n) is 15.2. The summed E-state index contributed by atoms with van der Waals surface area (Å²) in [6.07, 6.45) is 4.69. The molecule has 12 nitrogen and oxygen atoms in total. The van der Waals surface area contributed by atoms with Gasteiger partial charge in [-0.1, -0.05) is 6.07 Å². The first-order chi connectivity index (χ1) is 22.8. The minimum absolute atomic E-state index is 0.168. The molecule has 12 heteroatoms. The van der Waals surface area contributed by atoms with Crippen molar-refractivity contribution in [3.8, 4) is 22.8 Å². The average molecular weight is 652 g/mol. The molecule has 2 amide bonds. The molecule has 4 atom stereocenters. The molecule has 8 rings (SSSR count). The number of hydrogen-bond acceptors (Lipinski definition) is 8. The minimum atomic E-state index is -0.568. The lowest BCUT2D eigenvalue weighted by Crippen LogP contribution is -2.38. The van der Waals surface area contributed by atoms with E-state index in [2.05, 4.69) is 15.0 Å². The Kier molecular flexibility index (Phi) is 6.87. The van der Waals surface area contributed by atoms with Crippen LogP contribution < -0.4 is 0 Å². The number of carbonyl (C=O) groups is 2. The molecule has 5 heterocycles. The van der Waals surface area contributed by atoms with E-state index in [1.54, 1.807) is 11.1 Å². The fourth-order valence-corrected chi connectivity index (χ4v) is 7.12. The number of ether oxygens (including phenoxy) is 2. The number of piperidine rings is 1. The van der Waals surface area contributed by atoms with Crippen LogP contribution in [-0.4, -0.2) is 70.7 Å². The Bertz CT molecular complexity index is 2050. The molecule has 5 aromatic rings. The fraction of sp³-hybridized carbons (Fsp3) is 0.472. The van der Waals surface area contributed by atoms with Crippen molar-refractivity contribution in [3.05, 3.63) is 54.2 Å². The van der Waals surface area contributed by atoms with E-state index in [0.29, 0.717) is 24.1 Å². The molecule has 3 aliphatic rings. The zero-order valence-electron chi connectivity index (χ0n) is 28.2. The smallest absolute Gasteiger partial charge is 0.411 e. The third-order valence-electron chi connectivity index (χ3n) is 9.27. The van der Waals surface area contributed by atoms with Gasteiger partial charge in [-0.25, -0.2) is 24.5 Å². The van der Waals surface area contributed by atoms with Gasteiger partial charge in [-0.15, -0.1) is 0 Å². The number of benzene rings is 2. The van der Waals surface area contributed by atoms with E-state index in [0.717, 1.165) is 70.5 Å². The summed E-state index contributed by atoms with van der Waals surface area (Å²) < 4.78 is 17.7. The van der Waals surface area contributed by atoms with E-state index in [1.165, 1.54) is 0 Å². The number of hydrogen-bond donors (Lipinski definition) is 2. The van der Waals surface area contributed by atoms with Gasteiger partial charge in [0.05, 0.1) is 40.4 Å². The standard InChI is InChI=1S/C36H41N7O5/c1-35(2,3)47-33(44)42-14-8-11-25(42)30-38-22-13-12-19(15-24(22)40-30)28-18-37-32(46-28)21-9-7-10-23-29(21)41-31(39-23)27-17-20-16-26(20)43(27)34(45)48-36(4,5)6/h7,9-10,12-13,15,18,20,25-27H,8,11,14,16-17H2,1-6H3,(H,38,40)(H,39,41)/t20-,25-,26-,27+/m0/s1. The molecule has 1 aliphatic carbocycles. The molecule has 0 radical (unpaired) electrons. The van der Waals surface area contributed by atoms with Gasteiger partial charge in [0.25, 0.3) is 0 Å². The number of amides is 2. The quantitative estimate of drug-likeness (QED) is 0.200. The monoisotopic (exact) mass is 651 g/mol. The number of imidazole rings is 2. The number of carbonyl (C=O) groups excluding carboxylic acids is 2. The average Bonchev–Trinajstić information content (AvgIpc) is 3.63. The number of aromatic amines is 2. The van der Waals surface area contributed by atoms with Crippen molar-refractivity contribution in [2.45, 2.75) is 96.6 Å². The Morgan fingerprint density at radius 3 is 2.44 bits per heavy atom. The lowest BCUT2D eigenvalue weighted by Gasteiger charge is -2.29. The summed E-state index contributed by atoms with van der Waals surface area (Å²) in [5.41, 5.74) is 3.73. The highest BCUT2D eigenvalue weighted by Gasteiger charge is 2.56. The maximum atomic E-state index is 13.2. The molecular weight excluding hydrogens is 610 g/mol.